The fraction of sp³-hybridized carbons (Fsp3) is 0.632. The summed E-state index contributed by atoms with van der Waals surface area (Å²) in [6.07, 6.45) is 6.17. The molecule has 1 aliphatic carbocycles. The van der Waals surface area contributed by atoms with E-state index in [0.717, 1.165) is 56.1 Å². The second kappa shape index (κ2) is 7.32. The molecule has 2 fully saturated rings. The minimum atomic E-state index is 0.317. The average Bonchev–Trinajstić information content (AvgIpc) is 3.05. The topological polar surface area (TPSA) is 93.0 Å². The van der Waals surface area contributed by atoms with Gasteiger partial charge in [0.2, 0.25) is 0 Å². The van der Waals surface area contributed by atoms with Gasteiger partial charge in [0, 0.05) is 55.5 Å². The molecule has 0 aromatic carbocycles. The van der Waals surface area contributed by atoms with E-state index in [-0.39, 0.29) is 0 Å². The Labute approximate surface area is 154 Å². The lowest BCUT2D eigenvalue weighted by Gasteiger charge is -2.35. The van der Waals surface area contributed by atoms with Gasteiger partial charge in [-0.1, -0.05) is 0 Å². The summed E-state index contributed by atoms with van der Waals surface area (Å²) in [7, 11) is 1.69. The molecule has 3 heterocycles. The molecule has 1 saturated carbocycles. The van der Waals surface area contributed by atoms with Crippen molar-refractivity contribution in [2.45, 2.75) is 57.1 Å². The van der Waals surface area contributed by atoms with Crippen LogP contribution in [0.15, 0.2) is 12.3 Å². The fourth-order valence-electron chi connectivity index (χ4n) is 4.14. The number of ether oxygens (including phenoxy) is 1. The Morgan fingerprint density at radius 3 is 2.62 bits per heavy atom. The van der Waals surface area contributed by atoms with Gasteiger partial charge in [-0.3, -0.25) is 5.10 Å². The molecule has 0 bridgehead atoms. The number of aromatic nitrogens is 4. The van der Waals surface area contributed by atoms with Crippen LogP contribution in [0.3, 0.4) is 0 Å². The van der Waals surface area contributed by atoms with Crippen molar-refractivity contribution in [1.29, 1.82) is 0 Å². The van der Waals surface area contributed by atoms with Gasteiger partial charge in [-0.15, -0.1) is 0 Å². The standard InChI is InChI=1S/C19H28N6O/c1-12-10-21-24-19(12)13-3-5-25(6-4-13)18-9-16(14-7-15(20)8-14)22-17(23-18)11-26-2/h9-10,13-15H,3-8,11,20H2,1-2H3,(H,21,24). The van der Waals surface area contributed by atoms with Gasteiger partial charge in [-0.2, -0.15) is 5.10 Å². The summed E-state index contributed by atoms with van der Waals surface area (Å²) < 4.78 is 5.28. The minimum absolute atomic E-state index is 0.317. The van der Waals surface area contributed by atoms with Crippen molar-refractivity contribution in [3.8, 4) is 0 Å². The fourth-order valence-corrected chi connectivity index (χ4v) is 4.14. The highest BCUT2D eigenvalue weighted by molar-refractivity contribution is 5.42. The summed E-state index contributed by atoms with van der Waals surface area (Å²) in [6, 6.07) is 2.48. The molecule has 3 N–H and O–H groups in total. The van der Waals surface area contributed by atoms with Gasteiger partial charge in [-0.25, -0.2) is 9.97 Å². The largest absolute Gasteiger partial charge is 0.377 e. The second-order valence-corrected chi connectivity index (χ2v) is 7.66. The predicted octanol–water partition coefficient (Wildman–Crippen LogP) is 2.24. The van der Waals surface area contributed by atoms with E-state index in [2.05, 4.69) is 28.1 Å². The van der Waals surface area contributed by atoms with Gasteiger partial charge >= 0.3 is 0 Å². The van der Waals surface area contributed by atoms with Crippen LogP contribution in [-0.2, 0) is 11.3 Å². The van der Waals surface area contributed by atoms with Crippen LogP contribution in [0.2, 0.25) is 0 Å². The third-order valence-electron chi connectivity index (χ3n) is 5.74. The number of hydrogen-bond donors (Lipinski definition) is 2. The van der Waals surface area contributed by atoms with E-state index in [0.29, 0.717) is 24.5 Å². The van der Waals surface area contributed by atoms with Crippen molar-refractivity contribution in [3.05, 3.63) is 35.0 Å². The van der Waals surface area contributed by atoms with E-state index in [9.17, 15) is 0 Å². The number of nitrogens with zero attached hydrogens (tertiary/aromatic N) is 4. The van der Waals surface area contributed by atoms with Crippen LogP contribution in [0.25, 0.3) is 0 Å². The molecule has 7 heteroatoms. The first-order chi connectivity index (χ1) is 12.6. The third kappa shape index (κ3) is 3.46. The molecular formula is C19H28N6O. The van der Waals surface area contributed by atoms with E-state index in [1.807, 2.05) is 6.20 Å². The molecule has 140 valence electrons. The summed E-state index contributed by atoms with van der Waals surface area (Å²) >= 11 is 0. The van der Waals surface area contributed by atoms with Gasteiger partial charge in [0.05, 0.1) is 6.20 Å². The molecule has 0 unspecified atom stereocenters. The van der Waals surface area contributed by atoms with Crippen LogP contribution in [0, 0.1) is 6.92 Å². The highest BCUT2D eigenvalue weighted by Crippen LogP contribution is 2.36. The Hall–Kier alpha value is -1.99. The lowest BCUT2D eigenvalue weighted by molar-refractivity contribution is 0.177. The van der Waals surface area contributed by atoms with Crippen molar-refractivity contribution < 1.29 is 4.74 Å². The molecule has 2 aromatic heterocycles. The lowest BCUT2D eigenvalue weighted by Crippen LogP contribution is -2.36. The molecule has 1 saturated heterocycles. The number of piperidine rings is 1. The summed E-state index contributed by atoms with van der Waals surface area (Å²) in [5.41, 5.74) is 9.64. The smallest absolute Gasteiger partial charge is 0.156 e. The van der Waals surface area contributed by atoms with Crippen LogP contribution in [-0.4, -0.2) is 46.4 Å². The van der Waals surface area contributed by atoms with Crippen molar-refractivity contribution in [1.82, 2.24) is 20.2 Å². The minimum Gasteiger partial charge on any atom is -0.377 e. The van der Waals surface area contributed by atoms with E-state index >= 15 is 0 Å². The lowest BCUT2D eigenvalue weighted by atomic mass is 9.78. The first kappa shape index (κ1) is 17.4. The summed E-state index contributed by atoms with van der Waals surface area (Å²) in [5.74, 6) is 2.82. The Kier molecular flexibility index (Phi) is 4.91. The zero-order valence-electron chi connectivity index (χ0n) is 15.6. The van der Waals surface area contributed by atoms with Gasteiger partial charge < -0.3 is 15.4 Å². The number of rotatable bonds is 5. The van der Waals surface area contributed by atoms with Crippen LogP contribution < -0.4 is 10.6 Å². The van der Waals surface area contributed by atoms with Gasteiger partial charge in [0.15, 0.2) is 5.82 Å². The van der Waals surface area contributed by atoms with Crippen LogP contribution in [0.1, 0.15) is 60.3 Å². The number of anilines is 1. The SMILES string of the molecule is COCc1nc(C2CC(N)C2)cc(N2CCC(c3[nH]ncc3C)CC2)n1. The number of hydrogen-bond acceptors (Lipinski definition) is 6. The molecule has 2 aliphatic rings. The normalized spacial score (nSPS) is 23.9. The monoisotopic (exact) mass is 356 g/mol. The quantitative estimate of drug-likeness (QED) is 0.853. The highest BCUT2D eigenvalue weighted by atomic mass is 16.5. The highest BCUT2D eigenvalue weighted by Gasteiger charge is 2.30. The van der Waals surface area contributed by atoms with Crippen LogP contribution in [0.5, 0.6) is 0 Å². The van der Waals surface area contributed by atoms with Crippen molar-refractivity contribution in [2.75, 3.05) is 25.1 Å². The number of H-pyrrole nitrogens is 1. The van der Waals surface area contributed by atoms with Crippen molar-refractivity contribution in [3.63, 3.8) is 0 Å². The molecule has 0 atom stereocenters. The number of aryl methyl sites for hydroxylation is 1. The molecule has 0 amide bonds. The Balaban J connectivity index is 1.49. The zero-order valence-corrected chi connectivity index (χ0v) is 15.6. The average molecular weight is 356 g/mol. The van der Waals surface area contributed by atoms with Gasteiger partial charge in [0.25, 0.3) is 0 Å². The number of nitrogens with one attached hydrogen (secondary N) is 1. The third-order valence-corrected chi connectivity index (χ3v) is 5.74. The molecular weight excluding hydrogens is 328 g/mol. The predicted molar refractivity (Wildman–Crippen MR) is 100 cm³/mol. The van der Waals surface area contributed by atoms with Crippen molar-refractivity contribution >= 4 is 5.82 Å². The van der Waals surface area contributed by atoms with E-state index < -0.39 is 0 Å². The van der Waals surface area contributed by atoms with E-state index in [1.54, 1.807) is 7.11 Å². The molecule has 0 radical (unpaired) electrons. The molecule has 26 heavy (non-hydrogen) atoms. The first-order valence-corrected chi connectivity index (χ1v) is 9.51. The first-order valence-electron chi connectivity index (χ1n) is 9.51. The van der Waals surface area contributed by atoms with Crippen LogP contribution >= 0.6 is 0 Å². The summed E-state index contributed by atoms with van der Waals surface area (Å²) in [5, 5.41) is 7.35. The maximum atomic E-state index is 5.97. The van der Waals surface area contributed by atoms with Gasteiger partial charge in [0.1, 0.15) is 12.4 Å². The molecule has 1 aliphatic heterocycles. The number of methoxy groups -OCH3 is 1. The molecule has 0 spiro atoms. The maximum Gasteiger partial charge on any atom is 0.156 e. The molecule has 7 nitrogen and oxygen atoms in total. The second-order valence-electron chi connectivity index (χ2n) is 7.66. The zero-order chi connectivity index (χ0) is 18.1. The maximum absolute atomic E-state index is 5.97. The summed E-state index contributed by atoms with van der Waals surface area (Å²) in [4.78, 5) is 11.8. The Morgan fingerprint density at radius 2 is 2.00 bits per heavy atom. The van der Waals surface area contributed by atoms with Crippen LogP contribution in [0.4, 0.5) is 5.82 Å². The van der Waals surface area contributed by atoms with Gasteiger partial charge in [-0.05, 0) is 38.2 Å². The number of nitrogens with two attached hydrogens (primary N) is 1. The molecule has 2 aromatic rings. The van der Waals surface area contributed by atoms with E-state index in [1.165, 1.54) is 11.3 Å². The Bertz CT molecular complexity index is 746. The van der Waals surface area contributed by atoms with E-state index in [4.69, 9.17) is 20.4 Å². The van der Waals surface area contributed by atoms with Crippen molar-refractivity contribution in [2.24, 2.45) is 5.73 Å². The summed E-state index contributed by atoms with van der Waals surface area (Å²) in [6.45, 7) is 4.57. The number of aromatic amines is 1. The molecule has 4 rings (SSSR count). The Morgan fingerprint density at radius 1 is 1.23 bits per heavy atom.